The molecule has 0 aliphatic carbocycles. The summed E-state index contributed by atoms with van der Waals surface area (Å²) in [5, 5.41) is 0. The van der Waals surface area contributed by atoms with E-state index in [2.05, 4.69) is 12.1 Å². The second-order valence-corrected chi connectivity index (χ2v) is 6.01. The SMILES string of the molecule is COc1ccc2c(c1)CCN(C(=O)CCc1ccccc1OC)C2. The van der Waals surface area contributed by atoms with Crippen molar-refractivity contribution in [3.8, 4) is 11.5 Å². The highest BCUT2D eigenvalue weighted by atomic mass is 16.5. The molecule has 4 nitrogen and oxygen atoms in total. The number of methoxy groups -OCH3 is 2. The average molecular weight is 325 g/mol. The summed E-state index contributed by atoms with van der Waals surface area (Å²) in [7, 11) is 3.34. The van der Waals surface area contributed by atoms with Gasteiger partial charge in [-0.15, -0.1) is 0 Å². The van der Waals surface area contributed by atoms with Crippen LogP contribution >= 0.6 is 0 Å². The fourth-order valence-corrected chi connectivity index (χ4v) is 3.18. The Hall–Kier alpha value is -2.49. The summed E-state index contributed by atoms with van der Waals surface area (Å²) in [5.41, 5.74) is 3.58. The molecule has 0 saturated heterocycles. The Morgan fingerprint density at radius 2 is 1.92 bits per heavy atom. The van der Waals surface area contributed by atoms with Crippen LogP contribution in [-0.2, 0) is 24.2 Å². The molecule has 0 radical (unpaired) electrons. The van der Waals surface area contributed by atoms with Gasteiger partial charge < -0.3 is 14.4 Å². The van der Waals surface area contributed by atoms with Crippen molar-refractivity contribution in [1.82, 2.24) is 4.90 Å². The Kier molecular flexibility index (Phi) is 5.04. The van der Waals surface area contributed by atoms with Gasteiger partial charge in [-0.3, -0.25) is 4.79 Å². The van der Waals surface area contributed by atoms with Crippen LogP contribution in [0.25, 0.3) is 0 Å². The molecule has 0 N–H and O–H groups in total. The lowest BCUT2D eigenvalue weighted by atomic mass is 9.98. The van der Waals surface area contributed by atoms with Crippen molar-refractivity contribution >= 4 is 5.91 Å². The van der Waals surface area contributed by atoms with Crippen LogP contribution in [-0.4, -0.2) is 31.6 Å². The van der Waals surface area contributed by atoms with Crippen LogP contribution in [0.5, 0.6) is 11.5 Å². The third-order valence-corrected chi connectivity index (χ3v) is 4.58. The lowest BCUT2D eigenvalue weighted by Crippen LogP contribution is -2.36. The quantitative estimate of drug-likeness (QED) is 0.847. The van der Waals surface area contributed by atoms with Gasteiger partial charge in [-0.2, -0.15) is 0 Å². The third-order valence-electron chi connectivity index (χ3n) is 4.58. The van der Waals surface area contributed by atoms with E-state index in [1.807, 2.05) is 35.2 Å². The summed E-state index contributed by atoms with van der Waals surface area (Å²) >= 11 is 0. The molecule has 1 aliphatic rings. The van der Waals surface area contributed by atoms with Crippen molar-refractivity contribution in [3.63, 3.8) is 0 Å². The summed E-state index contributed by atoms with van der Waals surface area (Å²) < 4.78 is 10.6. The zero-order chi connectivity index (χ0) is 16.9. The molecule has 0 unspecified atom stereocenters. The van der Waals surface area contributed by atoms with E-state index in [9.17, 15) is 4.79 Å². The lowest BCUT2D eigenvalue weighted by Gasteiger charge is -2.29. The standard InChI is InChI=1S/C20H23NO3/c1-23-18-9-7-17-14-21(12-11-16(17)13-18)20(22)10-8-15-5-3-4-6-19(15)24-2/h3-7,9,13H,8,10-12,14H2,1-2H3. The number of benzene rings is 2. The van der Waals surface area contributed by atoms with E-state index >= 15 is 0 Å². The Morgan fingerprint density at radius 3 is 2.71 bits per heavy atom. The number of aryl methyl sites for hydroxylation is 1. The summed E-state index contributed by atoms with van der Waals surface area (Å²) in [4.78, 5) is 14.5. The molecule has 4 heteroatoms. The van der Waals surface area contributed by atoms with E-state index in [1.54, 1.807) is 14.2 Å². The van der Waals surface area contributed by atoms with E-state index in [1.165, 1.54) is 11.1 Å². The second-order valence-electron chi connectivity index (χ2n) is 6.01. The minimum Gasteiger partial charge on any atom is -0.497 e. The predicted octanol–water partition coefficient (Wildman–Crippen LogP) is 3.22. The summed E-state index contributed by atoms with van der Waals surface area (Å²) in [5.74, 6) is 1.92. The van der Waals surface area contributed by atoms with Crippen LogP contribution in [0.1, 0.15) is 23.1 Å². The molecule has 0 atom stereocenters. The van der Waals surface area contributed by atoms with Crippen LogP contribution in [0.4, 0.5) is 0 Å². The predicted molar refractivity (Wildman–Crippen MR) is 93.4 cm³/mol. The maximum absolute atomic E-state index is 12.6. The van der Waals surface area contributed by atoms with Gasteiger partial charge in [-0.25, -0.2) is 0 Å². The van der Waals surface area contributed by atoms with Gasteiger partial charge in [0.15, 0.2) is 0 Å². The molecule has 24 heavy (non-hydrogen) atoms. The van der Waals surface area contributed by atoms with Gasteiger partial charge in [-0.05, 0) is 47.7 Å². The van der Waals surface area contributed by atoms with E-state index in [4.69, 9.17) is 9.47 Å². The number of fused-ring (bicyclic) bond motifs is 1. The molecular weight excluding hydrogens is 302 g/mol. The second kappa shape index (κ2) is 7.39. The molecule has 0 spiro atoms. The van der Waals surface area contributed by atoms with Crippen molar-refractivity contribution in [1.29, 1.82) is 0 Å². The number of para-hydroxylation sites is 1. The van der Waals surface area contributed by atoms with Gasteiger partial charge in [0.05, 0.1) is 14.2 Å². The van der Waals surface area contributed by atoms with Crippen molar-refractivity contribution in [2.24, 2.45) is 0 Å². The number of hydrogen-bond donors (Lipinski definition) is 0. The highest BCUT2D eigenvalue weighted by molar-refractivity contribution is 5.77. The molecule has 126 valence electrons. The van der Waals surface area contributed by atoms with E-state index < -0.39 is 0 Å². The minimum atomic E-state index is 0.197. The summed E-state index contributed by atoms with van der Waals surface area (Å²) in [6.45, 7) is 1.45. The highest BCUT2D eigenvalue weighted by Gasteiger charge is 2.21. The molecule has 0 saturated carbocycles. The number of ether oxygens (including phenoxy) is 2. The maximum atomic E-state index is 12.6. The van der Waals surface area contributed by atoms with E-state index in [0.29, 0.717) is 19.4 Å². The van der Waals surface area contributed by atoms with E-state index in [-0.39, 0.29) is 5.91 Å². The Balaban J connectivity index is 1.62. The first-order chi connectivity index (χ1) is 11.7. The number of carbonyl (C=O) groups excluding carboxylic acids is 1. The first kappa shape index (κ1) is 16.4. The van der Waals surface area contributed by atoms with Gasteiger partial charge in [0, 0.05) is 19.5 Å². The fraction of sp³-hybridized carbons (Fsp3) is 0.350. The largest absolute Gasteiger partial charge is 0.497 e. The molecule has 0 bridgehead atoms. The Labute approximate surface area is 143 Å². The zero-order valence-electron chi connectivity index (χ0n) is 14.2. The molecule has 1 heterocycles. The minimum absolute atomic E-state index is 0.197. The van der Waals surface area contributed by atoms with Gasteiger partial charge >= 0.3 is 0 Å². The molecule has 1 aliphatic heterocycles. The van der Waals surface area contributed by atoms with Gasteiger partial charge in [0.1, 0.15) is 11.5 Å². The normalized spacial score (nSPS) is 13.3. The van der Waals surface area contributed by atoms with Crippen molar-refractivity contribution < 1.29 is 14.3 Å². The first-order valence-electron chi connectivity index (χ1n) is 8.26. The third kappa shape index (κ3) is 3.53. The van der Waals surface area contributed by atoms with Crippen LogP contribution in [0.2, 0.25) is 0 Å². The molecule has 1 amide bonds. The molecule has 0 fully saturated rings. The summed E-state index contributed by atoms with van der Waals surface area (Å²) in [6, 6.07) is 14.0. The Bertz CT molecular complexity index is 727. The number of nitrogens with zero attached hydrogens (tertiary/aromatic N) is 1. The summed E-state index contributed by atoms with van der Waals surface area (Å²) in [6.07, 6.45) is 2.09. The van der Waals surface area contributed by atoms with Gasteiger partial charge in [-0.1, -0.05) is 24.3 Å². The van der Waals surface area contributed by atoms with Crippen molar-refractivity contribution in [2.75, 3.05) is 20.8 Å². The van der Waals surface area contributed by atoms with Crippen LogP contribution in [0.15, 0.2) is 42.5 Å². The highest BCUT2D eigenvalue weighted by Crippen LogP contribution is 2.25. The topological polar surface area (TPSA) is 38.8 Å². The van der Waals surface area contributed by atoms with E-state index in [0.717, 1.165) is 30.0 Å². The fourth-order valence-electron chi connectivity index (χ4n) is 3.18. The smallest absolute Gasteiger partial charge is 0.223 e. The van der Waals surface area contributed by atoms with Gasteiger partial charge in [0.2, 0.25) is 5.91 Å². The molecule has 0 aromatic heterocycles. The van der Waals surface area contributed by atoms with Crippen LogP contribution in [0, 0.1) is 0 Å². The lowest BCUT2D eigenvalue weighted by molar-refractivity contribution is -0.132. The number of rotatable bonds is 5. The van der Waals surface area contributed by atoms with Gasteiger partial charge in [0.25, 0.3) is 0 Å². The molecule has 3 rings (SSSR count). The number of amides is 1. The maximum Gasteiger partial charge on any atom is 0.223 e. The van der Waals surface area contributed by atoms with Crippen molar-refractivity contribution in [2.45, 2.75) is 25.8 Å². The molecule has 2 aromatic carbocycles. The number of hydrogen-bond acceptors (Lipinski definition) is 3. The average Bonchev–Trinajstić information content (AvgIpc) is 2.65. The monoisotopic (exact) mass is 325 g/mol. The van der Waals surface area contributed by atoms with Crippen molar-refractivity contribution in [3.05, 3.63) is 59.2 Å². The van der Waals surface area contributed by atoms with Crippen LogP contribution < -0.4 is 9.47 Å². The first-order valence-corrected chi connectivity index (χ1v) is 8.26. The molecule has 2 aromatic rings. The zero-order valence-corrected chi connectivity index (χ0v) is 14.2. The number of carbonyl (C=O) groups is 1. The Morgan fingerprint density at radius 1 is 1.08 bits per heavy atom. The van der Waals surface area contributed by atoms with Crippen LogP contribution in [0.3, 0.4) is 0 Å². The molecular formula is C20H23NO3.